The third-order valence-corrected chi connectivity index (χ3v) is 5.46. The Hall–Kier alpha value is -3.00. The predicted octanol–water partition coefficient (Wildman–Crippen LogP) is 4.30. The van der Waals surface area contributed by atoms with Gasteiger partial charge in [0.25, 0.3) is 0 Å². The highest BCUT2D eigenvalue weighted by Crippen LogP contribution is 2.34. The summed E-state index contributed by atoms with van der Waals surface area (Å²) in [5.74, 6) is 1.63. The number of carbonyl (C=O) groups is 1. The molecule has 0 aliphatic heterocycles. The number of benzene rings is 2. The van der Waals surface area contributed by atoms with Crippen LogP contribution in [0.5, 0.6) is 11.5 Å². The van der Waals surface area contributed by atoms with Crippen molar-refractivity contribution in [3.05, 3.63) is 48.0 Å². The highest BCUT2D eigenvalue weighted by Gasteiger charge is 2.23. The molecule has 3 aromatic rings. The third kappa shape index (κ3) is 4.76. The van der Waals surface area contributed by atoms with Gasteiger partial charge in [0.15, 0.2) is 11.0 Å². The van der Waals surface area contributed by atoms with E-state index in [9.17, 15) is 4.79 Å². The van der Waals surface area contributed by atoms with Gasteiger partial charge in [-0.1, -0.05) is 29.5 Å². The Labute approximate surface area is 180 Å². The minimum atomic E-state index is -0.425. The summed E-state index contributed by atoms with van der Waals surface area (Å²) in [4.78, 5) is 12.2. The first-order valence-electron chi connectivity index (χ1n) is 9.56. The van der Waals surface area contributed by atoms with Crippen molar-refractivity contribution in [3.63, 3.8) is 0 Å². The maximum absolute atomic E-state index is 12.2. The fourth-order valence-corrected chi connectivity index (χ4v) is 3.73. The van der Waals surface area contributed by atoms with Gasteiger partial charge in [-0.25, -0.2) is 0 Å². The summed E-state index contributed by atoms with van der Waals surface area (Å²) in [6, 6.07) is 13.6. The van der Waals surface area contributed by atoms with Gasteiger partial charge in [0.1, 0.15) is 16.7 Å². The standard InChI is InChI=1S/C22H25N3O4S/c1-6-29-21(26)15(3)30-22-24-23-20(25(22)17-9-7-14(2)8-10-17)16-11-18(27-4)13-19(12-16)28-5/h7-13,15H,6H2,1-5H3/t15-/m0/s1. The van der Waals surface area contributed by atoms with E-state index in [1.54, 1.807) is 34.1 Å². The molecule has 3 rings (SSSR count). The van der Waals surface area contributed by atoms with Crippen LogP contribution < -0.4 is 9.47 Å². The number of esters is 1. The van der Waals surface area contributed by atoms with Crippen molar-refractivity contribution in [2.45, 2.75) is 31.2 Å². The summed E-state index contributed by atoms with van der Waals surface area (Å²) in [6.07, 6.45) is 0. The van der Waals surface area contributed by atoms with Crippen LogP contribution in [0, 0.1) is 6.92 Å². The van der Waals surface area contributed by atoms with Crippen LogP contribution in [0.2, 0.25) is 0 Å². The summed E-state index contributed by atoms with van der Waals surface area (Å²) >= 11 is 1.31. The molecule has 0 amide bonds. The lowest BCUT2D eigenvalue weighted by atomic mass is 10.1. The molecule has 1 aromatic heterocycles. The van der Waals surface area contributed by atoms with Crippen molar-refractivity contribution in [2.24, 2.45) is 0 Å². The van der Waals surface area contributed by atoms with Crippen molar-refractivity contribution in [2.75, 3.05) is 20.8 Å². The molecule has 0 saturated heterocycles. The van der Waals surface area contributed by atoms with E-state index >= 15 is 0 Å². The molecule has 7 nitrogen and oxygen atoms in total. The average Bonchev–Trinajstić information content (AvgIpc) is 3.17. The number of thioether (sulfide) groups is 1. The number of hydrogen-bond acceptors (Lipinski definition) is 7. The molecular formula is C22H25N3O4S. The van der Waals surface area contributed by atoms with Gasteiger partial charge in [-0.3, -0.25) is 9.36 Å². The molecule has 8 heteroatoms. The summed E-state index contributed by atoms with van der Waals surface area (Å²) in [6.45, 7) is 5.95. The number of methoxy groups -OCH3 is 2. The van der Waals surface area contributed by atoms with Crippen LogP contribution in [-0.4, -0.2) is 46.8 Å². The van der Waals surface area contributed by atoms with E-state index in [1.807, 2.05) is 47.9 Å². The molecule has 1 heterocycles. The van der Waals surface area contributed by atoms with E-state index in [0.717, 1.165) is 16.8 Å². The molecular weight excluding hydrogens is 402 g/mol. The second-order valence-corrected chi connectivity index (χ2v) is 7.90. The lowest BCUT2D eigenvalue weighted by Crippen LogP contribution is -2.17. The van der Waals surface area contributed by atoms with E-state index in [1.165, 1.54) is 11.8 Å². The minimum Gasteiger partial charge on any atom is -0.497 e. The van der Waals surface area contributed by atoms with Gasteiger partial charge in [-0.2, -0.15) is 0 Å². The Morgan fingerprint density at radius 3 is 2.27 bits per heavy atom. The highest BCUT2D eigenvalue weighted by molar-refractivity contribution is 8.00. The van der Waals surface area contributed by atoms with Crippen LogP contribution in [0.25, 0.3) is 17.1 Å². The van der Waals surface area contributed by atoms with Gasteiger partial charge in [-0.15, -0.1) is 10.2 Å². The zero-order valence-electron chi connectivity index (χ0n) is 17.7. The van der Waals surface area contributed by atoms with Gasteiger partial charge in [-0.05, 0) is 45.0 Å². The van der Waals surface area contributed by atoms with Gasteiger partial charge in [0.2, 0.25) is 0 Å². The molecule has 2 aromatic carbocycles. The van der Waals surface area contributed by atoms with Crippen LogP contribution in [0.3, 0.4) is 0 Å². The molecule has 0 saturated carbocycles. The molecule has 0 spiro atoms. The number of hydrogen-bond donors (Lipinski definition) is 0. The van der Waals surface area contributed by atoms with E-state index in [-0.39, 0.29) is 5.97 Å². The van der Waals surface area contributed by atoms with Crippen LogP contribution in [0.15, 0.2) is 47.6 Å². The first-order valence-corrected chi connectivity index (χ1v) is 10.4. The van der Waals surface area contributed by atoms with Crippen LogP contribution in [-0.2, 0) is 9.53 Å². The Morgan fingerprint density at radius 2 is 1.70 bits per heavy atom. The fourth-order valence-electron chi connectivity index (χ4n) is 2.86. The normalized spacial score (nSPS) is 11.8. The molecule has 0 fully saturated rings. The van der Waals surface area contributed by atoms with Crippen LogP contribution in [0.1, 0.15) is 19.4 Å². The Bertz CT molecular complexity index is 995. The van der Waals surface area contributed by atoms with Crippen molar-refractivity contribution < 1.29 is 19.0 Å². The second-order valence-electron chi connectivity index (χ2n) is 6.59. The molecule has 0 aliphatic carbocycles. The fraction of sp³-hybridized carbons (Fsp3) is 0.318. The lowest BCUT2D eigenvalue weighted by Gasteiger charge is -2.14. The van der Waals surface area contributed by atoms with Crippen molar-refractivity contribution >= 4 is 17.7 Å². The Morgan fingerprint density at radius 1 is 1.07 bits per heavy atom. The van der Waals surface area contributed by atoms with E-state index in [2.05, 4.69) is 10.2 Å². The SMILES string of the molecule is CCOC(=O)[C@H](C)Sc1nnc(-c2cc(OC)cc(OC)c2)n1-c1ccc(C)cc1. The van der Waals surface area contributed by atoms with Gasteiger partial charge in [0, 0.05) is 17.3 Å². The summed E-state index contributed by atoms with van der Waals surface area (Å²) < 4.78 is 17.9. The van der Waals surface area contributed by atoms with Gasteiger partial charge >= 0.3 is 5.97 Å². The molecule has 0 bridgehead atoms. The Kier molecular flexibility index (Phi) is 6.99. The predicted molar refractivity (Wildman–Crippen MR) is 117 cm³/mol. The average molecular weight is 428 g/mol. The number of ether oxygens (including phenoxy) is 3. The molecule has 0 aliphatic rings. The Balaban J connectivity index is 2.11. The quantitative estimate of drug-likeness (QED) is 0.392. The van der Waals surface area contributed by atoms with Crippen molar-refractivity contribution in [3.8, 4) is 28.6 Å². The maximum Gasteiger partial charge on any atom is 0.319 e. The zero-order chi connectivity index (χ0) is 21.7. The van der Waals surface area contributed by atoms with Crippen molar-refractivity contribution in [1.29, 1.82) is 0 Å². The topological polar surface area (TPSA) is 75.5 Å². The van der Waals surface area contributed by atoms with E-state index in [0.29, 0.717) is 29.1 Å². The number of nitrogens with zero attached hydrogens (tertiary/aromatic N) is 3. The maximum atomic E-state index is 12.2. The van der Waals surface area contributed by atoms with Gasteiger partial charge in [0.05, 0.1) is 20.8 Å². The smallest absolute Gasteiger partial charge is 0.319 e. The summed E-state index contributed by atoms with van der Waals surface area (Å²) in [5.41, 5.74) is 2.82. The summed E-state index contributed by atoms with van der Waals surface area (Å²) in [5, 5.41) is 8.96. The van der Waals surface area contributed by atoms with E-state index < -0.39 is 5.25 Å². The first kappa shape index (κ1) is 21.7. The lowest BCUT2D eigenvalue weighted by molar-refractivity contribution is -0.142. The summed E-state index contributed by atoms with van der Waals surface area (Å²) in [7, 11) is 3.21. The monoisotopic (exact) mass is 427 g/mol. The minimum absolute atomic E-state index is 0.287. The number of aromatic nitrogens is 3. The number of rotatable bonds is 8. The third-order valence-electron chi connectivity index (χ3n) is 4.44. The molecule has 158 valence electrons. The molecule has 30 heavy (non-hydrogen) atoms. The number of aryl methyl sites for hydroxylation is 1. The van der Waals surface area contributed by atoms with Gasteiger partial charge < -0.3 is 14.2 Å². The molecule has 0 unspecified atom stereocenters. The van der Waals surface area contributed by atoms with E-state index in [4.69, 9.17) is 14.2 Å². The first-order chi connectivity index (χ1) is 14.5. The molecule has 0 radical (unpaired) electrons. The van der Waals surface area contributed by atoms with Crippen molar-refractivity contribution in [1.82, 2.24) is 14.8 Å². The van der Waals surface area contributed by atoms with Crippen LogP contribution >= 0.6 is 11.8 Å². The molecule has 1 atom stereocenters. The zero-order valence-corrected chi connectivity index (χ0v) is 18.5. The number of carbonyl (C=O) groups excluding carboxylic acids is 1. The largest absolute Gasteiger partial charge is 0.497 e. The van der Waals surface area contributed by atoms with Crippen LogP contribution in [0.4, 0.5) is 0 Å². The highest BCUT2D eigenvalue weighted by atomic mass is 32.2. The molecule has 0 N–H and O–H groups in total. The second kappa shape index (κ2) is 9.67.